The molecule has 0 saturated carbocycles. The number of aryl methyl sites for hydroxylation is 1. The molecule has 18 heavy (non-hydrogen) atoms. The van der Waals surface area contributed by atoms with E-state index in [4.69, 9.17) is 21.1 Å². The van der Waals surface area contributed by atoms with Crippen LogP contribution >= 0.6 is 11.6 Å². The highest BCUT2D eigenvalue weighted by Crippen LogP contribution is 2.26. The summed E-state index contributed by atoms with van der Waals surface area (Å²) >= 11 is 5.62. The number of aromatic amines is 1. The van der Waals surface area contributed by atoms with E-state index in [-0.39, 0.29) is 17.2 Å². The van der Waals surface area contributed by atoms with E-state index in [2.05, 4.69) is 9.97 Å². The molecular weight excluding hydrogens is 262 g/mol. The Morgan fingerprint density at radius 3 is 2.94 bits per heavy atom. The van der Waals surface area contributed by atoms with Crippen LogP contribution in [0.15, 0.2) is 0 Å². The normalized spacial score (nSPS) is 22.3. The standard InChI is InChI=1S/C10H14ClN3O4/c1-10(2)17-5-6(18-10)3-4-7-8(14(15)16)13-9(11)12-7/h6H,3-5H2,1-2H3,(H,12,13)/t6-/m0/s1. The van der Waals surface area contributed by atoms with Crippen LogP contribution in [0.5, 0.6) is 0 Å². The first-order valence-electron chi connectivity index (χ1n) is 5.58. The molecule has 1 saturated heterocycles. The number of imidazole rings is 1. The molecule has 0 bridgehead atoms. The zero-order chi connectivity index (χ0) is 13.3. The fourth-order valence-corrected chi connectivity index (χ4v) is 2.10. The molecule has 1 N–H and O–H groups in total. The molecule has 1 aromatic rings. The van der Waals surface area contributed by atoms with Crippen molar-refractivity contribution in [3.8, 4) is 0 Å². The fourth-order valence-electron chi connectivity index (χ4n) is 1.90. The molecule has 2 rings (SSSR count). The second-order valence-corrected chi connectivity index (χ2v) is 4.93. The minimum absolute atomic E-state index is 0.0284. The van der Waals surface area contributed by atoms with Gasteiger partial charge in [0.25, 0.3) is 0 Å². The number of hydrogen-bond donors (Lipinski definition) is 1. The van der Waals surface area contributed by atoms with Crippen molar-refractivity contribution in [2.24, 2.45) is 0 Å². The molecule has 1 aliphatic heterocycles. The lowest BCUT2D eigenvalue weighted by Gasteiger charge is -2.16. The number of rotatable bonds is 4. The third-order valence-corrected chi connectivity index (χ3v) is 2.86. The molecule has 1 fully saturated rings. The molecule has 0 aromatic carbocycles. The Balaban J connectivity index is 1.97. The highest BCUT2D eigenvalue weighted by atomic mass is 35.5. The van der Waals surface area contributed by atoms with Crippen LogP contribution in [-0.4, -0.2) is 33.4 Å². The minimum atomic E-state index is -0.581. The van der Waals surface area contributed by atoms with E-state index in [0.717, 1.165) is 0 Å². The van der Waals surface area contributed by atoms with Crippen molar-refractivity contribution in [3.63, 3.8) is 0 Å². The number of nitrogens with one attached hydrogen (secondary N) is 1. The van der Waals surface area contributed by atoms with Gasteiger partial charge in [-0.15, -0.1) is 0 Å². The van der Waals surface area contributed by atoms with E-state index < -0.39 is 10.7 Å². The lowest BCUT2D eigenvalue weighted by molar-refractivity contribution is -0.390. The van der Waals surface area contributed by atoms with Crippen molar-refractivity contribution >= 4 is 17.4 Å². The summed E-state index contributed by atoms with van der Waals surface area (Å²) in [7, 11) is 0. The van der Waals surface area contributed by atoms with Gasteiger partial charge in [0, 0.05) is 0 Å². The molecule has 7 nitrogen and oxygen atoms in total. The van der Waals surface area contributed by atoms with Crippen LogP contribution in [-0.2, 0) is 15.9 Å². The Hall–Kier alpha value is -1.18. The topological polar surface area (TPSA) is 90.3 Å². The van der Waals surface area contributed by atoms with Crippen LogP contribution < -0.4 is 0 Å². The van der Waals surface area contributed by atoms with E-state index >= 15 is 0 Å². The van der Waals surface area contributed by atoms with Crippen molar-refractivity contribution in [2.75, 3.05) is 6.61 Å². The lowest BCUT2D eigenvalue weighted by Crippen LogP contribution is -2.21. The summed E-state index contributed by atoms with van der Waals surface area (Å²) in [6, 6.07) is 0. The molecule has 100 valence electrons. The summed E-state index contributed by atoms with van der Waals surface area (Å²) in [5, 5.41) is 10.8. The Morgan fingerprint density at radius 2 is 2.39 bits per heavy atom. The minimum Gasteiger partial charge on any atom is -0.358 e. The van der Waals surface area contributed by atoms with Crippen molar-refractivity contribution in [1.82, 2.24) is 9.97 Å². The second-order valence-electron chi connectivity index (χ2n) is 4.58. The number of halogens is 1. The van der Waals surface area contributed by atoms with Crippen LogP contribution in [0, 0.1) is 10.1 Å². The summed E-state index contributed by atoms with van der Waals surface area (Å²) in [6.07, 6.45) is 0.991. The van der Waals surface area contributed by atoms with Crippen LogP contribution in [0.2, 0.25) is 5.28 Å². The van der Waals surface area contributed by atoms with Gasteiger partial charge in [0.05, 0.1) is 12.7 Å². The zero-order valence-corrected chi connectivity index (χ0v) is 10.9. The number of nitro groups is 1. The molecule has 0 amide bonds. The van der Waals surface area contributed by atoms with Crippen LogP contribution in [0.3, 0.4) is 0 Å². The van der Waals surface area contributed by atoms with Gasteiger partial charge in [-0.2, -0.15) is 0 Å². The Labute approximate surface area is 109 Å². The Kier molecular flexibility index (Phi) is 3.56. The molecule has 0 spiro atoms. The van der Waals surface area contributed by atoms with Gasteiger partial charge in [-0.1, -0.05) is 0 Å². The summed E-state index contributed by atoms with van der Waals surface area (Å²) in [4.78, 5) is 16.5. The van der Waals surface area contributed by atoms with Crippen LogP contribution in [0.1, 0.15) is 26.0 Å². The quantitative estimate of drug-likeness (QED) is 0.671. The van der Waals surface area contributed by atoms with Gasteiger partial charge in [-0.3, -0.25) is 0 Å². The molecular formula is C10H14ClN3O4. The third-order valence-electron chi connectivity index (χ3n) is 2.68. The smallest absolute Gasteiger partial charge is 0.358 e. The fraction of sp³-hybridized carbons (Fsp3) is 0.700. The monoisotopic (exact) mass is 275 g/mol. The molecule has 0 unspecified atom stereocenters. The van der Waals surface area contributed by atoms with Gasteiger partial charge in [0.1, 0.15) is 5.69 Å². The first-order chi connectivity index (χ1) is 8.37. The van der Waals surface area contributed by atoms with E-state index in [1.165, 1.54) is 0 Å². The van der Waals surface area contributed by atoms with E-state index in [1.807, 2.05) is 13.8 Å². The Bertz CT molecular complexity index is 460. The van der Waals surface area contributed by atoms with E-state index in [1.54, 1.807) is 0 Å². The summed E-state index contributed by atoms with van der Waals surface area (Å²) in [6.45, 7) is 4.16. The first kappa shape index (κ1) is 13.3. The Morgan fingerprint density at radius 1 is 1.67 bits per heavy atom. The molecule has 0 radical (unpaired) electrons. The number of hydrogen-bond acceptors (Lipinski definition) is 5. The van der Waals surface area contributed by atoms with Gasteiger partial charge >= 0.3 is 11.1 Å². The predicted octanol–water partition coefficient (Wildman–Crippen LogP) is 2.06. The lowest BCUT2D eigenvalue weighted by atomic mass is 10.1. The number of aromatic nitrogens is 2. The number of H-pyrrole nitrogens is 1. The predicted molar refractivity (Wildman–Crippen MR) is 63.5 cm³/mol. The molecule has 1 aliphatic rings. The van der Waals surface area contributed by atoms with Crippen molar-refractivity contribution in [2.45, 2.75) is 38.6 Å². The molecule has 1 aromatic heterocycles. The zero-order valence-electron chi connectivity index (χ0n) is 10.1. The van der Waals surface area contributed by atoms with Crippen LogP contribution in [0.4, 0.5) is 5.82 Å². The highest BCUT2D eigenvalue weighted by molar-refractivity contribution is 6.28. The molecule has 1 atom stereocenters. The van der Waals surface area contributed by atoms with Gasteiger partial charge in [0.15, 0.2) is 5.79 Å². The van der Waals surface area contributed by atoms with Gasteiger partial charge in [-0.05, 0) is 48.2 Å². The number of nitrogens with zero attached hydrogens (tertiary/aromatic N) is 2. The van der Waals surface area contributed by atoms with Gasteiger partial charge in [-0.25, -0.2) is 0 Å². The summed E-state index contributed by atoms with van der Waals surface area (Å²) in [5.41, 5.74) is 0.415. The summed E-state index contributed by atoms with van der Waals surface area (Å²) < 4.78 is 11.0. The van der Waals surface area contributed by atoms with Crippen LogP contribution in [0.25, 0.3) is 0 Å². The summed E-state index contributed by atoms with van der Waals surface area (Å²) in [5.74, 6) is -0.805. The maximum Gasteiger partial charge on any atom is 0.386 e. The van der Waals surface area contributed by atoms with E-state index in [9.17, 15) is 10.1 Å². The number of ether oxygens (including phenoxy) is 2. The van der Waals surface area contributed by atoms with E-state index in [0.29, 0.717) is 25.1 Å². The van der Waals surface area contributed by atoms with Gasteiger partial charge in [0.2, 0.25) is 0 Å². The molecule has 0 aliphatic carbocycles. The highest BCUT2D eigenvalue weighted by Gasteiger charge is 2.33. The second kappa shape index (κ2) is 4.83. The third kappa shape index (κ3) is 2.98. The average Bonchev–Trinajstić information content (AvgIpc) is 2.78. The van der Waals surface area contributed by atoms with Gasteiger partial charge < -0.3 is 24.6 Å². The van der Waals surface area contributed by atoms with Crippen molar-refractivity contribution in [1.29, 1.82) is 0 Å². The maximum absolute atomic E-state index is 10.7. The first-order valence-corrected chi connectivity index (χ1v) is 5.96. The maximum atomic E-state index is 10.7. The average molecular weight is 276 g/mol. The largest absolute Gasteiger partial charge is 0.386 e. The molecule has 8 heteroatoms. The van der Waals surface area contributed by atoms with Crippen molar-refractivity contribution < 1.29 is 14.4 Å². The molecule has 2 heterocycles. The SMILES string of the molecule is CC1(C)OC[C@H](CCc2[nH]c(Cl)nc2[N+](=O)[O-])O1. The van der Waals surface area contributed by atoms with Crippen molar-refractivity contribution in [3.05, 3.63) is 21.1 Å².